The third-order valence-corrected chi connectivity index (χ3v) is 8.26. The van der Waals surface area contributed by atoms with E-state index < -0.39 is 15.9 Å². The lowest BCUT2D eigenvalue weighted by atomic mass is 10.1. The number of nitrogens with zero attached hydrogens (tertiary/aromatic N) is 2. The Balaban J connectivity index is 1.61. The summed E-state index contributed by atoms with van der Waals surface area (Å²) >= 11 is 1.13. The van der Waals surface area contributed by atoms with Gasteiger partial charge in [0.25, 0.3) is 5.91 Å². The molecule has 1 saturated heterocycles. The van der Waals surface area contributed by atoms with Crippen LogP contribution in [0.15, 0.2) is 46.1 Å². The predicted octanol–water partition coefficient (Wildman–Crippen LogP) is 2.66. The molecule has 10 heteroatoms. The van der Waals surface area contributed by atoms with E-state index in [-0.39, 0.29) is 15.3 Å². The van der Waals surface area contributed by atoms with Crippen LogP contribution in [0.25, 0.3) is 10.2 Å². The van der Waals surface area contributed by atoms with Crippen molar-refractivity contribution in [3.63, 3.8) is 0 Å². The Morgan fingerprint density at radius 2 is 1.90 bits per heavy atom. The molecule has 8 nitrogen and oxygen atoms in total. The minimum Gasteiger partial charge on any atom is -0.379 e. The zero-order valence-electron chi connectivity index (χ0n) is 17.3. The highest BCUT2D eigenvalue weighted by atomic mass is 32.2. The number of rotatable bonds is 5. The van der Waals surface area contributed by atoms with Gasteiger partial charge in [0.2, 0.25) is 10.0 Å². The number of aryl methyl sites for hydroxylation is 2. The van der Waals surface area contributed by atoms with Gasteiger partial charge >= 0.3 is 4.87 Å². The second-order valence-corrected chi connectivity index (χ2v) is 10.1. The van der Waals surface area contributed by atoms with Gasteiger partial charge in [0.05, 0.1) is 28.3 Å². The van der Waals surface area contributed by atoms with Crippen LogP contribution >= 0.6 is 11.3 Å². The molecule has 1 fully saturated rings. The van der Waals surface area contributed by atoms with Gasteiger partial charge in [0.15, 0.2) is 0 Å². The average molecular weight is 462 g/mol. The van der Waals surface area contributed by atoms with E-state index in [0.717, 1.165) is 21.6 Å². The summed E-state index contributed by atoms with van der Waals surface area (Å²) in [7, 11) is -3.72. The number of carbonyl (C=O) groups is 1. The van der Waals surface area contributed by atoms with Gasteiger partial charge in [-0.05, 0) is 49.7 Å². The molecule has 1 aliphatic heterocycles. The molecule has 2 heterocycles. The van der Waals surface area contributed by atoms with Gasteiger partial charge in [-0.25, -0.2) is 8.42 Å². The molecule has 3 aromatic rings. The largest absolute Gasteiger partial charge is 0.379 e. The third kappa shape index (κ3) is 4.16. The summed E-state index contributed by atoms with van der Waals surface area (Å²) in [5, 5.41) is 2.80. The fourth-order valence-electron chi connectivity index (χ4n) is 3.59. The summed E-state index contributed by atoms with van der Waals surface area (Å²) in [6, 6.07) is 9.95. The number of fused-ring (bicyclic) bond motifs is 1. The Labute approximate surface area is 184 Å². The minimum atomic E-state index is -3.72. The van der Waals surface area contributed by atoms with Crippen LogP contribution in [0.2, 0.25) is 0 Å². The number of aromatic nitrogens is 1. The fourth-order valence-corrected chi connectivity index (χ4v) is 6.25. The van der Waals surface area contributed by atoms with E-state index in [9.17, 15) is 18.0 Å². The Bertz CT molecular complexity index is 1300. The first-order chi connectivity index (χ1) is 14.8. The summed E-state index contributed by atoms with van der Waals surface area (Å²) in [5.74, 6) is -0.417. The van der Waals surface area contributed by atoms with Crippen LogP contribution in [-0.2, 0) is 21.3 Å². The topological polar surface area (TPSA) is 97.7 Å². The Morgan fingerprint density at radius 3 is 2.61 bits per heavy atom. The number of ether oxygens (including phenoxy) is 1. The molecule has 0 spiro atoms. The van der Waals surface area contributed by atoms with Gasteiger partial charge in [0.1, 0.15) is 0 Å². The minimum absolute atomic E-state index is 0.0440. The molecule has 1 amide bonds. The van der Waals surface area contributed by atoms with Gasteiger partial charge in [-0.3, -0.25) is 14.2 Å². The van der Waals surface area contributed by atoms with Crippen molar-refractivity contribution in [2.24, 2.45) is 0 Å². The number of hydrogen-bond donors (Lipinski definition) is 1. The smallest absolute Gasteiger partial charge is 0.308 e. The average Bonchev–Trinajstić information content (AvgIpc) is 3.08. The zero-order chi connectivity index (χ0) is 22.2. The lowest BCUT2D eigenvalue weighted by Gasteiger charge is -2.26. The van der Waals surface area contributed by atoms with Crippen LogP contribution in [0.3, 0.4) is 0 Å². The predicted molar refractivity (Wildman–Crippen MR) is 120 cm³/mol. The van der Waals surface area contributed by atoms with Crippen LogP contribution in [0, 0.1) is 6.92 Å². The van der Waals surface area contributed by atoms with E-state index in [4.69, 9.17) is 4.74 Å². The quantitative estimate of drug-likeness (QED) is 0.630. The molecule has 164 valence electrons. The van der Waals surface area contributed by atoms with Crippen LogP contribution in [0.1, 0.15) is 22.8 Å². The number of carbonyl (C=O) groups excluding carboxylic acids is 1. The standard InChI is InChI=1S/C21H23N3O5S2/c1-3-24-17-7-6-16(13-18(17)30-21(24)26)22-20(25)15-5-4-14(2)19(12-15)31(27,28)23-8-10-29-11-9-23/h4-7,12-13H,3,8-11H2,1-2H3,(H,22,25). The number of sulfonamides is 1. The molecule has 0 radical (unpaired) electrons. The van der Waals surface area contributed by atoms with Crippen molar-refractivity contribution in [2.45, 2.75) is 25.3 Å². The molecule has 1 aliphatic rings. The summed E-state index contributed by atoms with van der Waals surface area (Å²) in [5.41, 5.74) is 2.19. The SMILES string of the molecule is CCn1c(=O)sc2cc(NC(=O)c3ccc(C)c(S(=O)(=O)N4CCOCC4)c3)ccc21. The number of hydrogen-bond acceptors (Lipinski definition) is 6. The molecule has 1 aromatic heterocycles. The Morgan fingerprint density at radius 1 is 1.16 bits per heavy atom. The van der Waals surface area contributed by atoms with E-state index in [1.54, 1.807) is 41.8 Å². The van der Waals surface area contributed by atoms with Crippen LogP contribution < -0.4 is 10.2 Å². The van der Waals surface area contributed by atoms with Gasteiger partial charge < -0.3 is 10.1 Å². The highest BCUT2D eigenvalue weighted by molar-refractivity contribution is 7.89. The lowest BCUT2D eigenvalue weighted by molar-refractivity contribution is 0.0730. The number of anilines is 1. The third-order valence-electron chi connectivity index (χ3n) is 5.28. The molecule has 1 N–H and O–H groups in total. The van der Waals surface area contributed by atoms with Crippen LogP contribution in [0.4, 0.5) is 5.69 Å². The number of nitrogens with one attached hydrogen (secondary N) is 1. The van der Waals surface area contributed by atoms with Gasteiger partial charge in [-0.1, -0.05) is 17.4 Å². The maximum absolute atomic E-state index is 13.1. The highest BCUT2D eigenvalue weighted by Gasteiger charge is 2.28. The molecule has 0 bridgehead atoms. The molecular formula is C21H23N3O5S2. The molecular weight excluding hydrogens is 438 g/mol. The van der Waals surface area contributed by atoms with Crippen molar-refractivity contribution in [3.05, 3.63) is 57.2 Å². The van der Waals surface area contributed by atoms with Crippen LogP contribution in [0.5, 0.6) is 0 Å². The second-order valence-electron chi connectivity index (χ2n) is 7.25. The Kier molecular flexibility index (Phi) is 5.98. The molecule has 0 atom stereocenters. The molecule has 0 saturated carbocycles. The molecule has 31 heavy (non-hydrogen) atoms. The molecule has 4 rings (SSSR count). The van der Waals surface area contributed by atoms with Crippen molar-refractivity contribution in [3.8, 4) is 0 Å². The van der Waals surface area contributed by atoms with Crippen molar-refractivity contribution in [1.82, 2.24) is 8.87 Å². The van der Waals surface area contributed by atoms with E-state index >= 15 is 0 Å². The van der Waals surface area contributed by atoms with E-state index in [0.29, 0.717) is 44.1 Å². The maximum atomic E-state index is 13.1. The summed E-state index contributed by atoms with van der Waals surface area (Å²) in [6.45, 7) is 5.48. The van der Waals surface area contributed by atoms with Crippen molar-refractivity contribution >= 4 is 43.2 Å². The lowest BCUT2D eigenvalue weighted by Crippen LogP contribution is -2.40. The summed E-state index contributed by atoms with van der Waals surface area (Å²) in [6.07, 6.45) is 0. The molecule has 2 aromatic carbocycles. The van der Waals surface area contributed by atoms with Crippen LogP contribution in [-0.4, -0.2) is 49.5 Å². The monoisotopic (exact) mass is 461 g/mol. The van der Waals surface area contributed by atoms with Crippen molar-refractivity contribution in [2.75, 3.05) is 31.6 Å². The van der Waals surface area contributed by atoms with Gasteiger partial charge in [-0.2, -0.15) is 4.31 Å². The molecule has 0 aliphatic carbocycles. The van der Waals surface area contributed by atoms with E-state index in [1.807, 2.05) is 6.92 Å². The first-order valence-corrected chi connectivity index (χ1v) is 12.2. The maximum Gasteiger partial charge on any atom is 0.308 e. The first-order valence-electron chi connectivity index (χ1n) is 9.94. The number of morpholine rings is 1. The molecule has 0 unspecified atom stereocenters. The Hall–Kier alpha value is -2.53. The van der Waals surface area contributed by atoms with Crippen molar-refractivity contribution < 1.29 is 17.9 Å². The summed E-state index contributed by atoms with van der Waals surface area (Å²) in [4.78, 5) is 25.0. The van der Waals surface area contributed by atoms with Gasteiger partial charge in [0, 0.05) is 30.9 Å². The number of amides is 1. The van der Waals surface area contributed by atoms with E-state index in [1.165, 1.54) is 10.4 Å². The first kappa shape index (κ1) is 21.7. The number of thiazole rings is 1. The summed E-state index contributed by atoms with van der Waals surface area (Å²) < 4.78 is 35.2. The number of benzene rings is 2. The van der Waals surface area contributed by atoms with Crippen molar-refractivity contribution in [1.29, 1.82) is 0 Å². The van der Waals surface area contributed by atoms with Gasteiger partial charge in [-0.15, -0.1) is 0 Å². The zero-order valence-corrected chi connectivity index (χ0v) is 18.9. The van der Waals surface area contributed by atoms with E-state index in [2.05, 4.69) is 5.32 Å². The normalized spacial score (nSPS) is 15.3. The highest BCUT2D eigenvalue weighted by Crippen LogP contribution is 2.25. The second kappa shape index (κ2) is 8.54. The fraction of sp³-hybridized carbons (Fsp3) is 0.333.